The van der Waals surface area contributed by atoms with Gasteiger partial charge in [0.25, 0.3) is 5.91 Å². The maximum atomic E-state index is 13.1. The molecule has 0 radical (unpaired) electrons. The lowest BCUT2D eigenvalue weighted by molar-refractivity contribution is -0.127. The van der Waals surface area contributed by atoms with Gasteiger partial charge in [-0.2, -0.15) is 0 Å². The zero-order valence-electron chi connectivity index (χ0n) is 14.1. The summed E-state index contributed by atoms with van der Waals surface area (Å²) in [5, 5.41) is 2.83. The molecule has 1 atom stereocenters. The Bertz CT molecular complexity index is 802. The Morgan fingerprint density at radius 1 is 1.04 bits per heavy atom. The summed E-state index contributed by atoms with van der Waals surface area (Å²) >= 11 is 0. The van der Waals surface area contributed by atoms with Crippen molar-refractivity contribution in [2.45, 2.75) is 19.4 Å². The van der Waals surface area contributed by atoms with Crippen LogP contribution in [0.2, 0.25) is 0 Å². The molecule has 1 aliphatic heterocycles. The van der Waals surface area contributed by atoms with E-state index in [9.17, 15) is 14.4 Å². The summed E-state index contributed by atoms with van der Waals surface area (Å²) in [5.74, 6) is -0.602. The highest BCUT2D eigenvalue weighted by molar-refractivity contribution is 6.08. The normalized spacial score (nSPS) is 17.1. The first-order chi connectivity index (χ1) is 12.1. The molecule has 0 bridgehead atoms. The van der Waals surface area contributed by atoms with Gasteiger partial charge in [0.2, 0.25) is 5.91 Å². The number of ketones is 1. The van der Waals surface area contributed by atoms with E-state index in [2.05, 4.69) is 5.32 Å². The first-order valence-electron chi connectivity index (χ1n) is 8.30. The summed E-state index contributed by atoms with van der Waals surface area (Å²) < 4.78 is 0. The van der Waals surface area contributed by atoms with Gasteiger partial charge in [-0.15, -0.1) is 0 Å². The summed E-state index contributed by atoms with van der Waals surface area (Å²) in [5.41, 5.74) is 1.72. The van der Waals surface area contributed by atoms with E-state index in [0.717, 1.165) is 5.56 Å². The lowest BCUT2D eigenvalue weighted by atomic mass is 9.98. The molecule has 2 aromatic carbocycles. The fraction of sp³-hybridized carbons (Fsp3) is 0.250. The molecule has 0 aromatic heterocycles. The molecule has 5 nitrogen and oxygen atoms in total. The van der Waals surface area contributed by atoms with Crippen molar-refractivity contribution >= 4 is 17.6 Å². The van der Waals surface area contributed by atoms with Crippen molar-refractivity contribution in [3.05, 3.63) is 71.3 Å². The molecular formula is C20H20N2O3. The van der Waals surface area contributed by atoms with Crippen LogP contribution in [0.1, 0.15) is 33.2 Å². The average Bonchev–Trinajstić information content (AvgIpc) is 2.63. The second-order valence-electron chi connectivity index (χ2n) is 6.10. The van der Waals surface area contributed by atoms with E-state index in [1.54, 1.807) is 29.2 Å². The number of benzene rings is 2. The molecule has 1 aliphatic rings. The Kier molecular flexibility index (Phi) is 4.93. The van der Waals surface area contributed by atoms with Crippen LogP contribution in [-0.2, 0) is 11.2 Å². The maximum Gasteiger partial charge on any atom is 0.255 e. The Labute approximate surface area is 146 Å². The van der Waals surface area contributed by atoms with E-state index in [1.807, 2.05) is 30.3 Å². The van der Waals surface area contributed by atoms with Crippen molar-refractivity contribution in [1.29, 1.82) is 0 Å². The zero-order valence-corrected chi connectivity index (χ0v) is 14.1. The molecule has 1 saturated heterocycles. The van der Waals surface area contributed by atoms with Crippen LogP contribution in [0.5, 0.6) is 0 Å². The van der Waals surface area contributed by atoms with Crippen LogP contribution in [0, 0.1) is 0 Å². The van der Waals surface area contributed by atoms with Crippen LogP contribution in [0.4, 0.5) is 0 Å². The summed E-state index contributed by atoms with van der Waals surface area (Å²) in [7, 11) is 0. The number of carbonyl (C=O) groups excluding carboxylic acids is 3. The second-order valence-corrected chi connectivity index (χ2v) is 6.10. The summed E-state index contributed by atoms with van der Waals surface area (Å²) in [6.07, 6.45) is 0.445. The Hall–Kier alpha value is -2.95. The van der Waals surface area contributed by atoms with Crippen LogP contribution in [0.25, 0.3) is 0 Å². The van der Waals surface area contributed by atoms with Crippen LogP contribution in [0.15, 0.2) is 54.6 Å². The van der Waals surface area contributed by atoms with Crippen LogP contribution in [0.3, 0.4) is 0 Å². The number of Topliss-reactive ketones (excluding diaryl/α,β-unsaturated/α-hetero) is 1. The van der Waals surface area contributed by atoms with E-state index in [-0.39, 0.29) is 17.6 Å². The largest absolute Gasteiger partial charge is 0.353 e. The van der Waals surface area contributed by atoms with E-state index in [0.29, 0.717) is 30.6 Å². The van der Waals surface area contributed by atoms with Crippen molar-refractivity contribution in [1.82, 2.24) is 10.2 Å². The second kappa shape index (κ2) is 7.30. The zero-order chi connectivity index (χ0) is 17.8. The minimum Gasteiger partial charge on any atom is -0.353 e. The standard InChI is InChI=1S/C20H20N2O3/c1-14(23)16-9-5-6-10-17(16)20(25)22-12-11-21-19(24)18(22)13-15-7-3-2-4-8-15/h2-10,18H,11-13H2,1H3,(H,21,24). The monoisotopic (exact) mass is 336 g/mol. The quantitative estimate of drug-likeness (QED) is 0.869. The van der Waals surface area contributed by atoms with Gasteiger partial charge in [-0.05, 0) is 18.6 Å². The molecular weight excluding hydrogens is 316 g/mol. The number of hydrogen-bond donors (Lipinski definition) is 1. The summed E-state index contributed by atoms with van der Waals surface area (Å²) in [6.45, 7) is 2.28. The highest BCUT2D eigenvalue weighted by Gasteiger charge is 2.34. The molecule has 5 heteroatoms. The van der Waals surface area contributed by atoms with Crippen LogP contribution < -0.4 is 5.32 Å². The molecule has 25 heavy (non-hydrogen) atoms. The molecule has 128 valence electrons. The Balaban J connectivity index is 1.91. The molecule has 3 rings (SSSR count). The van der Waals surface area contributed by atoms with Gasteiger partial charge in [-0.25, -0.2) is 0 Å². The van der Waals surface area contributed by atoms with Gasteiger partial charge in [-0.3, -0.25) is 14.4 Å². The fourth-order valence-electron chi connectivity index (χ4n) is 3.13. The highest BCUT2D eigenvalue weighted by Crippen LogP contribution is 2.18. The third-order valence-electron chi connectivity index (χ3n) is 4.40. The predicted octanol–water partition coefficient (Wildman–Crippen LogP) is 2.07. The van der Waals surface area contributed by atoms with E-state index in [1.165, 1.54) is 6.92 Å². The SMILES string of the molecule is CC(=O)c1ccccc1C(=O)N1CCNC(=O)C1Cc1ccccc1. The fourth-order valence-corrected chi connectivity index (χ4v) is 3.13. The summed E-state index contributed by atoms with van der Waals surface area (Å²) in [6, 6.07) is 15.8. The van der Waals surface area contributed by atoms with Gasteiger partial charge in [0.15, 0.2) is 5.78 Å². The number of nitrogens with zero attached hydrogens (tertiary/aromatic N) is 1. The molecule has 0 aliphatic carbocycles. The number of hydrogen-bond acceptors (Lipinski definition) is 3. The maximum absolute atomic E-state index is 13.1. The Morgan fingerprint density at radius 3 is 2.36 bits per heavy atom. The van der Waals surface area contributed by atoms with E-state index >= 15 is 0 Å². The van der Waals surface area contributed by atoms with Crippen molar-refractivity contribution in [2.75, 3.05) is 13.1 Å². The molecule has 0 saturated carbocycles. The van der Waals surface area contributed by atoms with Crippen molar-refractivity contribution < 1.29 is 14.4 Å². The number of amides is 2. The van der Waals surface area contributed by atoms with Crippen molar-refractivity contribution in [3.8, 4) is 0 Å². The minimum atomic E-state index is -0.580. The molecule has 0 spiro atoms. The van der Waals surface area contributed by atoms with Gasteiger partial charge < -0.3 is 10.2 Å². The molecule has 1 heterocycles. The van der Waals surface area contributed by atoms with Crippen LogP contribution >= 0.6 is 0 Å². The van der Waals surface area contributed by atoms with Gasteiger partial charge >= 0.3 is 0 Å². The smallest absolute Gasteiger partial charge is 0.255 e. The third-order valence-corrected chi connectivity index (χ3v) is 4.40. The van der Waals surface area contributed by atoms with Crippen LogP contribution in [-0.4, -0.2) is 41.6 Å². The minimum absolute atomic E-state index is 0.162. The molecule has 1 unspecified atom stereocenters. The van der Waals surface area contributed by atoms with Gasteiger partial charge in [-0.1, -0.05) is 48.5 Å². The number of rotatable bonds is 4. The first kappa shape index (κ1) is 16.9. The summed E-state index contributed by atoms with van der Waals surface area (Å²) in [4.78, 5) is 38.9. The Morgan fingerprint density at radius 2 is 1.68 bits per heavy atom. The number of piperazine rings is 1. The van der Waals surface area contributed by atoms with E-state index in [4.69, 9.17) is 0 Å². The lowest BCUT2D eigenvalue weighted by Gasteiger charge is -2.35. The van der Waals surface area contributed by atoms with Crippen molar-refractivity contribution in [2.24, 2.45) is 0 Å². The topological polar surface area (TPSA) is 66.5 Å². The molecule has 1 fully saturated rings. The van der Waals surface area contributed by atoms with Gasteiger partial charge in [0, 0.05) is 25.1 Å². The van der Waals surface area contributed by atoms with Crippen molar-refractivity contribution in [3.63, 3.8) is 0 Å². The molecule has 2 amide bonds. The van der Waals surface area contributed by atoms with Gasteiger partial charge in [0.1, 0.15) is 6.04 Å². The molecule has 1 N–H and O–H groups in total. The number of carbonyl (C=O) groups is 3. The van der Waals surface area contributed by atoms with Gasteiger partial charge in [0.05, 0.1) is 5.56 Å². The first-order valence-corrected chi connectivity index (χ1v) is 8.30. The third kappa shape index (κ3) is 3.60. The average molecular weight is 336 g/mol. The predicted molar refractivity (Wildman–Crippen MR) is 94.4 cm³/mol. The number of nitrogens with one attached hydrogen (secondary N) is 1. The molecule has 2 aromatic rings. The lowest BCUT2D eigenvalue weighted by Crippen LogP contribution is -2.58. The highest BCUT2D eigenvalue weighted by atomic mass is 16.2. The van der Waals surface area contributed by atoms with E-state index < -0.39 is 6.04 Å².